The lowest BCUT2D eigenvalue weighted by Gasteiger charge is -2.34. The van der Waals surface area contributed by atoms with Crippen LogP contribution in [0.3, 0.4) is 0 Å². The maximum atomic E-state index is 12.4. The summed E-state index contributed by atoms with van der Waals surface area (Å²) in [6.07, 6.45) is -0.697. The first-order valence-electron chi connectivity index (χ1n) is 6.91. The summed E-state index contributed by atoms with van der Waals surface area (Å²) in [6, 6.07) is 4.92. The quantitative estimate of drug-likeness (QED) is 0.925. The molecule has 0 bridgehead atoms. The minimum atomic E-state index is -0.697. The van der Waals surface area contributed by atoms with E-state index in [2.05, 4.69) is 5.32 Å². The number of ether oxygens (including phenoxy) is 1. The molecule has 1 saturated heterocycles. The van der Waals surface area contributed by atoms with Gasteiger partial charge in [0, 0.05) is 13.1 Å². The molecule has 5 nitrogen and oxygen atoms in total. The zero-order valence-electron chi connectivity index (χ0n) is 12.4. The Morgan fingerprint density at radius 3 is 2.95 bits per heavy atom. The summed E-state index contributed by atoms with van der Waals surface area (Å²) in [6.45, 7) is 6.25. The van der Waals surface area contributed by atoms with E-state index >= 15 is 0 Å². The van der Waals surface area contributed by atoms with Crippen LogP contribution in [-0.2, 0) is 9.59 Å². The van der Waals surface area contributed by atoms with Crippen LogP contribution in [0.5, 0.6) is 5.75 Å². The highest BCUT2D eigenvalue weighted by atomic mass is 35.5. The maximum Gasteiger partial charge on any atom is 0.264 e. The Hall–Kier alpha value is -1.75. The molecule has 0 aliphatic carbocycles. The zero-order valence-corrected chi connectivity index (χ0v) is 13.1. The van der Waals surface area contributed by atoms with Crippen LogP contribution in [0, 0.1) is 6.92 Å². The third-order valence-electron chi connectivity index (χ3n) is 3.52. The lowest BCUT2D eigenvalue weighted by atomic mass is 10.2. The SMILES string of the molecule is Cc1ccc(Cl)c(O[C@H](C)C(=O)N2CCNC(=O)[C@@H]2C)c1. The smallest absolute Gasteiger partial charge is 0.264 e. The number of amides is 2. The molecular formula is C15H19ClN2O3. The van der Waals surface area contributed by atoms with Crippen molar-refractivity contribution in [3.05, 3.63) is 28.8 Å². The normalized spacial score (nSPS) is 19.9. The van der Waals surface area contributed by atoms with E-state index in [-0.39, 0.29) is 11.8 Å². The standard InChI is InChI=1S/C15H19ClN2O3/c1-9-4-5-12(16)13(8-9)21-11(3)15(20)18-7-6-17-14(19)10(18)2/h4-5,8,10-11H,6-7H2,1-3H3,(H,17,19)/t10-,11+/m0/s1. The number of aryl methyl sites for hydroxylation is 1. The average molecular weight is 311 g/mol. The second kappa shape index (κ2) is 6.35. The van der Waals surface area contributed by atoms with Gasteiger partial charge in [-0.05, 0) is 38.5 Å². The van der Waals surface area contributed by atoms with Crippen molar-refractivity contribution in [1.29, 1.82) is 0 Å². The number of benzene rings is 1. The molecule has 2 rings (SSSR count). The van der Waals surface area contributed by atoms with Crippen LogP contribution in [0.2, 0.25) is 5.02 Å². The maximum absolute atomic E-state index is 12.4. The van der Waals surface area contributed by atoms with Crippen molar-refractivity contribution in [3.63, 3.8) is 0 Å². The molecule has 21 heavy (non-hydrogen) atoms. The highest BCUT2D eigenvalue weighted by Gasteiger charge is 2.32. The molecule has 6 heteroatoms. The van der Waals surface area contributed by atoms with Crippen molar-refractivity contribution in [2.24, 2.45) is 0 Å². The summed E-state index contributed by atoms with van der Waals surface area (Å²) in [5.74, 6) is 0.122. The van der Waals surface area contributed by atoms with Crippen LogP contribution in [0.1, 0.15) is 19.4 Å². The van der Waals surface area contributed by atoms with E-state index in [0.717, 1.165) is 5.56 Å². The summed E-state index contributed by atoms with van der Waals surface area (Å²) in [7, 11) is 0. The molecule has 0 aromatic heterocycles. The number of hydrogen-bond donors (Lipinski definition) is 1. The van der Waals surface area contributed by atoms with Crippen molar-refractivity contribution in [2.45, 2.75) is 32.9 Å². The molecule has 1 fully saturated rings. The van der Waals surface area contributed by atoms with Gasteiger partial charge in [0.05, 0.1) is 5.02 Å². The second-order valence-electron chi connectivity index (χ2n) is 5.19. The van der Waals surface area contributed by atoms with Crippen molar-refractivity contribution in [2.75, 3.05) is 13.1 Å². The Kier molecular flexibility index (Phi) is 4.73. The molecule has 2 amide bonds. The number of halogens is 1. The number of rotatable bonds is 3. The van der Waals surface area contributed by atoms with E-state index in [1.54, 1.807) is 26.0 Å². The predicted molar refractivity (Wildman–Crippen MR) is 80.5 cm³/mol. The molecule has 0 unspecified atom stereocenters. The molecule has 2 atom stereocenters. The monoisotopic (exact) mass is 310 g/mol. The van der Waals surface area contributed by atoms with Gasteiger partial charge in [0.1, 0.15) is 11.8 Å². The third-order valence-corrected chi connectivity index (χ3v) is 3.83. The number of carbonyl (C=O) groups is 2. The summed E-state index contributed by atoms with van der Waals surface area (Å²) in [5, 5.41) is 3.19. The molecule has 0 radical (unpaired) electrons. The molecule has 1 aliphatic heterocycles. The third kappa shape index (κ3) is 3.47. The Bertz CT molecular complexity index is 562. The summed E-state index contributed by atoms with van der Waals surface area (Å²) >= 11 is 6.07. The van der Waals surface area contributed by atoms with Crippen LogP contribution in [-0.4, -0.2) is 41.9 Å². The molecule has 1 aromatic rings. The number of hydrogen-bond acceptors (Lipinski definition) is 3. The molecular weight excluding hydrogens is 292 g/mol. The van der Waals surface area contributed by atoms with E-state index in [0.29, 0.717) is 23.9 Å². The Morgan fingerprint density at radius 1 is 1.52 bits per heavy atom. The largest absolute Gasteiger partial charge is 0.479 e. The van der Waals surface area contributed by atoms with Crippen LogP contribution >= 0.6 is 11.6 Å². The molecule has 0 spiro atoms. The average Bonchev–Trinajstić information content (AvgIpc) is 2.45. The van der Waals surface area contributed by atoms with E-state index in [4.69, 9.17) is 16.3 Å². The van der Waals surface area contributed by atoms with Crippen LogP contribution in [0.15, 0.2) is 18.2 Å². The summed E-state index contributed by atoms with van der Waals surface area (Å²) in [5.41, 5.74) is 1.000. The van der Waals surface area contributed by atoms with E-state index in [9.17, 15) is 9.59 Å². The molecule has 1 aromatic carbocycles. The second-order valence-corrected chi connectivity index (χ2v) is 5.60. The topological polar surface area (TPSA) is 58.6 Å². The van der Waals surface area contributed by atoms with Crippen LogP contribution in [0.25, 0.3) is 0 Å². The number of piperazine rings is 1. The number of carbonyl (C=O) groups excluding carboxylic acids is 2. The Morgan fingerprint density at radius 2 is 2.24 bits per heavy atom. The molecule has 1 heterocycles. The number of nitrogens with zero attached hydrogens (tertiary/aromatic N) is 1. The van der Waals surface area contributed by atoms with Gasteiger partial charge in [-0.3, -0.25) is 9.59 Å². The Labute approximate surface area is 129 Å². The van der Waals surface area contributed by atoms with Crippen molar-refractivity contribution < 1.29 is 14.3 Å². The fourth-order valence-electron chi connectivity index (χ4n) is 2.26. The van der Waals surface area contributed by atoms with Gasteiger partial charge in [-0.15, -0.1) is 0 Å². The van der Waals surface area contributed by atoms with Gasteiger partial charge in [0.15, 0.2) is 6.10 Å². The van der Waals surface area contributed by atoms with E-state index < -0.39 is 12.1 Å². The first kappa shape index (κ1) is 15.6. The fraction of sp³-hybridized carbons (Fsp3) is 0.467. The van der Waals surface area contributed by atoms with Gasteiger partial charge in [0.25, 0.3) is 5.91 Å². The lowest BCUT2D eigenvalue weighted by molar-refractivity contribution is -0.147. The lowest BCUT2D eigenvalue weighted by Crippen LogP contribution is -2.58. The Balaban J connectivity index is 2.09. The van der Waals surface area contributed by atoms with Gasteiger partial charge >= 0.3 is 0 Å². The van der Waals surface area contributed by atoms with Gasteiger partial charge in [-0.25, -0.2) is 0 Å². The van der Waals surface area contributed by atoms with Crippen molar-refractivity contribution in [3.8, 4) is 5.75 Å². The van der Waals surface area contributed by atoms with E-state index in [1.807, 2.05) is 13.0 Å². The first-order chi connectivity index (χ1) is 9.90. The van der Waals surface area contributed by atoms with Gasteiger partial charge in [-0.2, -0.15) is 0 Å². The highest BCUT2D eigenvalue weighted by Crippen LogP contribution is 2.26. The molecule has 0 saturated carbocycles. The molecule has 1 N–H and O–H groups in total. The predicted octanol–water partition coefficient (Wildman–Crippen LogP) is 1.76. The number of nitrogens with one attached hydrogen (secondary N) is 1. The van der Waals surface area contributed by atoms with Gasteiger partial charge in [-0.1, -0.05) is 17.7 Å². The van der Waals surface area contributed by atoms with E-state index in [1.165, 1.54) is 4.90 Å². The molecule has 114 valence electrons. The zero-order chi connectivity index (χ0) is 15.6. The minimum Gasteiger partial charge on any atom is -0.479 e. The molecule has 1 aliphatic rings. The van der Waals surface area contributed by atoms with Gasteiger partial charge < -0.3 is 15.0 Å². The van der Waals surface area contributed by atoms with Crippen LogP contribution in [0.4, 0.5) is 0 Å². The summed E-state index contributed by atoms with van der Waals surface area (Å²) < 4.78 is 5.67. The van der Waals surface area contributed by atoms with Crippen LogP contribution < -0.4 is 10.1 Å². The highest BCUT2D eigenvalue weighted by molar-refractivity contribution is 6.32. The fourth-order valence-corrected chi connectivity index (χ4v) is 2.42. The van der Waals surface area contributed by atoms with Crippen molar-refractivity contribution >= 4 is 23.4 Å². The first-order valence-corrected chi connectivity index (χ1v) is 7.29. The van der Waals surface area contributed by atoms with Gasteiger partial charge in [0.2, 0.25) is 5.91 Å². The minimum absolute atomic E-state index is 0.143. The van der Waals surface area contributed by atoms with Crippen molar-refractivity contribution in [1.82, 2.24) is 10.2 Å². The summed E-state index contributed by atoms with van der Waals surface area (Å²) in [4.78, 5) is 25.6.